The zero-order valence-corrected chi connectivity index (χ0v) is 20.0. The summed E-state index contributed by atoms with van der Waals surface area (Å²) in [6.07, 6.45) is 1.61. The lowest BCUT2D eigenvalue weighted by Crippen LogP contribution is -2.52. The van der Waals surface area contributed by atoms with Crippen LogP contribution in [0.5, 0.6) is 0 Å². The van der Waals surface area contributed by atoms with Crippen molar-refractivity contribution in [2.75, 3.05) is 17.2 Å². The SMILES string of the molecule is Cc1nc(N)nc(N2CC(C)C2c2nn3ccc(Cl)c3c(=O)n2-c2ccc(F)cc2)c1C#N.S. The molecule has 4 aromatic rings. The van der Waals surface area contributed by atoms with Gasteiger partial charge in [0.25, 0.3) is 5.56 Å². The Kier molecular flexibility index (Phi) is 5.97. The lowest BCUT2D eigenvalue weighted by molar-refractivity contribution is 0.300. The van der Waals surface area contributed by atoms with Crippen LogP contribution >= 0.6 is 25.1 Å². The third-order valence-electron chi connectivity index (χ3n) is 5.84. The summed E-state index contributed by atoms with van der Waals surface area (Å²) in [5.74, 6) is 0.485. The highest BCUT2D eigenvalue weighted by Gasteiger charge is 2.43. The van der Waals surface area contributed by atoms with Crippen molar-refractivity contribution in [1.29, 1.82) is 5.26 Å². The number of nitrogens with two attached hydrogens (primary N) is 1. The number of aryl methyl sites for hydroxylation is 1. The van der Waals surface area contributed by atoms with Gasteiger partial charge in [0.15, 0.2) is 11.6 Å². The summed E-state index contributed by atoms with van der Waals surface area (Å²) < 4.78 is 16.5. The molecule has 2 atom stereocenters. The van der Waals surface area contributed by atoms with E-state index in [1.165, 1.54) is 33.3 Å². The first-order valence-electron chi connectivity index (χ1n) is 10.2. The molecule has 12 heteroatoms. The normalized spacial score (nSPS) is 17.2. The molecule has 5 rings (SSSR count). The molecule has 34 heavy (non-hydrogen) atoms. The Morgan fingerprint density at radius 3 is 2.59 bits per heavy atom. The van der Waals surface area contributed by atoms with Gasteiger partial charge >= 0.3 is 0 Å². The Bertz CT molecular complexity index is 1510. The molecule has 0 amide bonds. The van der Waals surface area contributed by atoms with E-state index in [9.17, 15) is 14.4 Å². The molecule has 3 aromatic heterocycles. The van der Waals surface area contributed by atoms with Crippen LogP contribution < -0.4 is 16.2 Å². The van der Waals surface area contributed by atoms with Crippen LogP contribution in [0.15, 0.2) is 41.3 Å². The van der Waals surface area contributed by atoms with E-state index in [4.69, 9.17) is 22.4 Å². The van der Waals surface area contributed by atoms with Crippen molar-refractivity contribution in [2.24, 2.45) is 5.92 Å². The molecule has 1 aromatic carbocycles. The molecule has 9 nitrogen and oxygen atoms in total. The standard InChI is InChI=1S/C22H18ClFN8O.H2S/c1-11-10-30(19-15(9-25)12(2)27-22(26)28-19)17(11)20-29-31-8-7-16(23)18(31)21(33)32(20)14-5-3-13(24)4-6-14;/h3-8,11,17H,10H2,1-2H3,(H2,26,27,28);1H2. The van der Waals surface area contributed by atoms with Gasteiger partial charge in [0.05, 0.1) is 22.4 Å². The number of benzene rings is 1. The van der Waals surface area contributed by atoms with Crippen LogP contribution in [0.25, 0.3) is 11.2 Å². The highest BCUT2D eigenvalue weighted by atomic mass is 35.5. The van der Waals surface area contributed by atoms with Gasteiger partial charge < -0.3 is 10.6 Å². The van der Waals surface area contributed by atoms with Gasteiger partial charge in [-0.15, -0.1) is 0 Å². The number of fused-ring (bicyclic) bond motifs is 1. The minimum Gasteiger partial charge on any atom is -0.368 e. The van der Waals surface area contributed by atoms with Crippen molar-refractivity contribution in [1.82, 2.24) is 24.1 Å². The van der Waals surface area contributed by atoms with Gasteiger partial charge in [-0.2, -0.15) is 28.8 Å². The van der Waals surface area contributed by atoms with Gasteiger partial charge in [0.2, 0.25) is 5.95 Å². The quantitative estimate of drug-likeness (QED) is 0.461. The molecular formula is C22H20ClFN8OS. The second kappa shape index (κ2) is 8.62. The third kappa shape index (κ3) is 3.55. The maximum atomic E-state index is 13.6. The molecule has 0 radical (unpaired) electrons. The number of aromatic nitrogens is 5. The smallest absolute Gasteiger partial charge is 0.284 e. The van der Waals surface area contributed by atoms with Crippen molar-refractivity contribution in [3.8, 4) is 11.8 Å². The zero-order chi connectivity index (χ0) is 23.4. The minimum absolute atomic E-state index is 0. The number of hydrogen-bond donors (Lipinski definition) is 1. The van der Waals surface area contributed by atoms with E-state index in [2.05, 4.69) is 16.0 Å². The average molecular weight is 499 g/mol. The number of hydrogen-bond acceptors (Lipinski definition) is 7. The first-order chi connectivity index (χ1) is 15.8. The summed E-state index contributed by atoms with van der Waals surface area (Å²) in [4.78, 5) is 23.8. The van der Waals surface area contributed by atoms with Crippen LogP contribution in [0, 0.1) is 30.0 Å². The second-order valence-corrected chi connectivity index (χ2v) is 8.39. The molecule has 0 aliphatic carbocycles. The van der Waals surface area contributed by atoms with E-state index < -0.39 is 11.9 Å². The highest BCUT2D eigenvalue weighted by molar-refractivity contribution is 7.59. The van der Waals surface area contributed by atoms with Crippen molar-refractivity contribution in [3.05, 3.63) is 74.8 Å². The fourth-order valence-electron chi connectivity index (χ4n) is 4.30. The fourth-order valence-corrected chi connectivity index (χ4v) is 4.52. The van der Waals surface area contributed by atoms with Gasteiger partial charge in [-0.25, -0.2) is 13.9 Å². The van der Waals surface area contributed by atoms with Crippen molar-refractivity contribution in [2.45, 2.75) is 19.9 Å². The molecule has 174 valence electrons. The van der Waals surface area contributed by atoms with E-state index in [0.29, 0.717) is 35.1 Å². The zero-order valence-electron chi connectivity index (χ0n) is 18.2. The number of rotatable bonds is 3. The Morgan fingerprint density at radius 1 is 1.24 bits per heavy atom. The van der Waals surface area contributed by atoms with E-state index in [1.807, 2.05) is 11.8 Å². The average Bonchev–Trinajstić information content (AvgIpc) is 3.13. The molecule has 1 fully saturated rings. The van der Waals surface area contributed by atoms with E-state index >= 15 is 0 Å². The molecule has 1 aliphatic rings. The topological polar surface area (TPSA) is 118 Å². The van der Waals surface area contributed by atoms with Crippen LogP contribution in [0.4, 0.5) is 16.2 Å². The molecule has 4 heterocycles. The number of nitrogen functional groups attached to an aromatic ring is 1. The molecule has 1 saturated heterocycles. The number of nitriles is 1. The van der Waals surface area contributed by atoms with Crippen LogP contribution in [0.2, 0.25) is 5.02 Å². The summed E-state index contributed by atoms with van der Waals surface area (Å²) in [7, 11) is 0. The first-order valence-corrected chi connectivity index (χ1v) is 10.5. The van der Waals surface area contributed by atoms with Crippen LogP contribution in [-0.2, 0) is 0 Å². The van der Waals surface area contributed by atoms with Crippen molar-refractivity contribution >= 4 is 42.4 Å². The maximum absolute atomic E-state index is 13.6. The second-order valence-electron chi connectivity index (χ2n) is 7.98. The predicted molar refractivity (Wildman–Crippen MR) is 131 cm³/mol. The Morgan fingerprint density at radius 2 is 1.94 bits per heavy atom. The summed E-state index contributed by atoms with van der Waals surface area (Å²) in [5, 5.41) is 14.7. The van der Waals surface area contributed by atoms with Crippen molar-refractivity contribution in [3.63, 3.8) is 0 Å². The minimum atomic E-state index is -0.424. The van der Waals surface area contributed by atoms with Gasteiger partial charge in [-0.1, -0.05) is 18.5 Å². The van der Waals surface area contributed by atoms with E-state index in [0.717, 1.165) is 0 Å². The van der Waals surface area contributed by atoms with Gasteiger partial charge in [-0.3, -0.25) is 9.36 Å². The highest BCUT2D eigenvalue weighted by Crippen LogP contribution is 2.42. The van der Waals surface area contributed by atoms with Gasteiger partial charge in [0.1, 0.15) is 23.0 Å². The summed E-state index contributed by atoms with van der Waals surface area (Å²) in [5.41, 5.74) is 6.91. The maximum Gasteiger partial charge on any atom is 0.284 e. The van der Waals surface area contributed by atoms with E-state index in [1.54, 1.807) is 19.2 Å². The Balaban J connectivity index is 0.00000274. The summed E-state index contributed by atoms with van der Waals surface area (Å²) in [6, 6.07) is 8.91. The monoisotopic (exact) mass is 498 g/mol. The molecule has 0 saturated carbocycles. The van der Waals surface area contributed by atoms with Crippen molar-refractivity contribution < 1.29 is 4.39 Å². The molecule has 2 unspecified atom stereocenters. The van der Waals surface area contributed by atoms with Crippen LogP contribution in [0.1, 0.15) is 30.0 Å². The van der Waals surface area contributed by atoms with E-state index in [-0.39, 0.29) is 41.5 Å². The van der Waals surface area contributed by atoms with Crippen LogP contribution in [-0.4, -0.2) is 30.7 Å². The lowest BCUT2D eigenvalue weighted by atomic mass is 9.88. The first kappa shape index (κ1) is 23.5. The molecular weight excluding hydrogens is 479 g/mol. The number of halogens is 2. The Labute approximate surface area is 205 Å². The molecule has 1 aliphatic heterocycles. The summed E-state index contributed by atoms with van der Waals surface area (Å²) >= 11 is 6.26. The number of nitrogens with zero attached hydrogens (tertiary/aromatic N) is 7. The van der Waals surface area contributed by atoms with Crippen LogP contribution in [0.3, 0.4) is 0 Å². The van der Waals surface area contributed by atoms with Gasteiger partial charge in [-0.05, 0) is 37.3 Å². The fraction of sp³-hybridized carbons (Fsp3) is 0.227. The molecule has 2 N–H and O–H groups in total. The largest absolute Gasteiger partial charge is 0.368 e. The predicted octanol–water partition coefficient (Wildman–Crippen LogP) is 3.14. The Hall–Kier alpha value is -3.62. The molecule has 0 bridgehead atoms. The summed E-state index contributed by atoms with van der Waals surface area (Å²) in [6.45, 7) is 4.27. The third-order valence-corrected chi connectivity index (χ3v) is 6.15. The van der Waals surface area contributed by atoms with Gasteiger partial charge in [0, 0.05) is 18.7 Å². The number of anilines is 2. The molecule has 0 spiro atoms. The lowest BCUT2D eigenvalue weighted by Gasteiger charge is -2.47.